The maximum absolute atomic E-state index is 10.2. The van der Waals surface area contributed by atoms with Gasteiger partial charge in [-0.05, 0) is 99.1 Å². The van der Waals surface area contributed by atoms with Crippen molar-refractivity contribution in [2.24, 2.45) is 33.7 Å². The van der Waals surface area contributed by atoms with Crippen molar-refractivity contribution in [2.45, 2.75) is 85.7 Å². The Labute approximate surface area is 189 Å². The van der Waals surface area contributed by atoms with E-state index in [-0.39, 0.29) is 11.5 Å². The van der Waals surface area contributed by atoms with E-state index in [0.29, 0.717) is 17.9 Å². The van der Waals surface area contributed by atoms with Gasteiger partial charge in [0, 0.05) is 6.54 Å². The molecule has 174 valence electrons. The van der Waals surface area contributed by atoms with E-state index in [9.17, 15) is 5.11 Å². The highest BCUT2D eigenvalue weighted by molar-refractivity contribution is 5.99. The molecule has 2 saturated carbocycles. The van der Waals surface area contributed by atoms with Crippen molar-refractivity contribution in [3.8, 4) is 0 Å². The Morgan fingerprint density at radius 3 is 2.58 bits per heavy atom. The van der Waals surface area contributed by atoms with Crippen molar-refractivity contribution >= 4 is 5.71 Å². The van der Waals surface area contributed by atoms with Crippen LogP contribution in [0.1, 0.15) is 79.6 Å². The fourth-order valence-corrected chi connectivity index (χ4v) is 7.67. The van der Waals surface area contributed by atoms with Crippen LogP contribution in [0.3, 0.4) is 0 Å². The molecule has 4 rings (SSSR count). The van der Waals surface area contributed by atoms with Crippen molar-refractivity contribution in [3.63, 3.8) is 0 Å². The number of hydrogen-bond donors (Lipinski definition) is 1. The average Bonchev–Trinajstić information content (AvgIpc) is 3.11. The lowest BCUT2D eigenvalue weighted by Crippen LogP contribution is -2.50. The Morgan fingerprint density at radius 1 is 1.10 bits per heavy atom. The summed E-state index contributed by atoms with van der Waals surface area (Å²) in [5.41, 5.74) is 4.62. The number of hydrogen-bond acceptors (Lipinski definition) is 4. The van der Waals surface area contributed by atoms with Gasteiger partial charge in [-0.3, -0.25) is 0 Å². The number of nitrogens with zero attached hydrogens (tertiary/aromatic N) is 2. The molecule has 31 heavy (non-hydrogen) atoms. The zero-order valence-electron chi connectivity index (χ0n) is 20.5. The Bertz CT molecular complexity index is 752. The molecule has 0 saturated heterocycles. The molecule has 6 unspecified atom stereocenters. The molecule has 0 aromatic rings. The second-order valence-electron chi connectivity index (χ2n) is 11.0. The third kappa shape index (κ3) is 4.04. The van der Waals surface area contributed by atoms with Gasteiger partial charge < -0.3 is 14.8 Å². The average molecular weight is 429 g/mol. The standard InChI is InChI=1S/C27H44N2O2/c1-6-29(7-2)16-17-31-28-19(3)23-10-11-24-22-9-8-20-18-21(30)12-14-26(20,4)25(22)13-15-27(23,24)5/h8,10,21-22,24-25,30H,6-7,9,11-18H2,1-5H3. The first kappa shape index (κ1) is 23.0. The van der Waals surface area contributed by atoms with Gasteiger partial charge >= 0.3 is 0 Å². The van der Waals surface area contributed by atoms with Crippen LogP contribution in [-0.2, 0) is 4.84 Å². The molecule has 4 aliphatic carbocycles. The highest BCUT2D eigenvalue weighted by atomic mass is 16.6. The molecule has 0 spiro atoms. The summed E-state index contributed by atoms with van der Waals surface area (Å²) in [4.78, 5) is 8.11. The van der Waals surface area contributed by atoms with Crippen LogP contribution in [0.25, 0.3) is 0 Å². The highest BCUT2D eigenvalue weighted by Crippen LogP contribution is 2.65. The maximum Gasteiger partial charge on any atom is 0.129 e. The van der Waals surface area contributed by atoms with Gasteiger partial charge in [0.1, 0.15) is 6.61 Å². The number of rotatable bonds is 7. The summed E-state index contributed by atoms with van der Waals surface area (Å²) in [6, 6.07) is 0. The number of allylic oxidation sites excluding steroid dienone is 3. The normalized spacial score (nSPS) is 40.0. The van der Waals surface area contributed by atoms with Crippen LogP contribution in [-0.4, -0.2) is 48.1 Å². The van der Waals surface area contributed by atoms with Crippen molar-refractivity contribution in [2.75, 3.05) is 26.2 Å². The van der Waals surface area contributed by atoms with Crippen LogP contribution in [0.4, 0.5) is 0 Å². The van der Waals surface area contributed by atoms with E-state index in [1.54, 1.807) is 5.57 Å². The summed E-state index contributed by atoms with van der Waals surface area (Å²) in [6.07, 6.45) is 12.8. The summed E-state index contributed by atoms with van der Waals surface area (Å²) in [5.74, 6) is 2.24. The molecule has 0 heterocycles. The van der Waals surface area contributed by atoms with Gasteiger partial charge in [0.2, 0.25) is 0 Å². The summed E-state index contributed by atoms with van der Waals surface area (Å²) >= 11 is 0. The van der Waals surface area contributed by atoms with E-state index in [1.165, 1.54) is 31.3 Å². The Morgan fingerprint density at radius 2 is 1.84 bits per heavy atom. The van der Waals surface area contributed by atoms with Crippen LogP contribution in [0.15, 0.2) is 28.5 Å². The summed E-state index contributed by atoms with van der Waals surface area (Å²) in [5, 5.41) is 14.8. The molecule has 0 bridgehead atoms. The first-order chi connectivity index (χ1) is 14.8. The molecule has 0 aliphatic heterocycles. The van der Waals surface area contributed by atoms with E-state index in [2.05, 4.69) is 56.8 Å². The van der Waals surface area contributed by atoms with E-state index < -0.39 is 0 Å². The van der Waals surface area contributed by atoms with Crippen LogP contribution in [0, 0.1) is 28.6 Å². The first-order valence-corrected chi connectivity index (χ1v) is 12.8. The maximum atomic E-state index is 10.2. The molecule has 4 heteroatoms. The largest absolute Gasteiger partial charge is 0.394 e. The van der Waals surface area contributed by atoms with Crippen molar-refractivity contribution in [1.82, 2.24) is 4.90 Å². The predicted molar refractivity (Wildman–Crippen MR) is 128 cm³/mol. The van der Waals surface area contributed by atoms with Gasteiger partial charge in [-0.2, -0.15) is 0 Å². The summed E-state index contributed by atoms with van der Waals surface area (Å²) < 4.78 is 0. The number of oxime groups is 1. The van der Waals surface area contributed by atoms with Gasteiger partial charge in [-0.25, -0.2) is 0 Å². The van der Waals surface area contributed by atoms with Gasteiger partial charge in [-0.15, -0.1) is 0 Å². The highest BCUT2D eigenvalue weighted by Gasteiger charge is 2.56. The lowest BCUT2D eigenvalue weighted by Gasteiger charge is -2.57. The second kappa shape index (κ2) is 9.02. The molecule has 4 aliphatic rings. The minimum Gasteiger partial charge on any atom is -0.394 e. The molecule has 0 aromatic heterocycles. The van der Waals surface area contributed by atoms with Crippen molar-refractivity contribution < 1.29 is 9.94 Å². The van der Waals surface area contributed by atoms with Crippen LogP contribution in [0.5, 0.6) is 0 Å². The fraction of sp³-hybridized carbons (Fsp3) is 0.815. The molecular formula is C27H44N2O2. The molecule has 4 nitrogen and oxygen atoms in total. The zero-order valence-corrected chi connectivity index (χ0v) is 20.5. The number of fused-ring (bicyclic) bond motifs is 5. The predicted octanol–water partition coefficient (Wildman–Crippen LogP) is 5.58. The molecule has 0 aromatic carbocycles. The number of likely N-dealkylation sites (N-methyl/N-ethyl adjacent to an activating group) is 1. The molecule has 2 fully saturated rings. The Balaban J connectivity index is 1.45. The molecule has 6 atom stereocenters. The van der Waals surface area contributed by atoms with E-state index >= 15 is 0 Å². The molecule has 1 N–H and O–H groups in total. The lowest BCUT2D eigenvalue weighted by atomic mass is 9.47. The first-order valence-electron chi connectivity index (χ1n) is 12.8. The third-order valence-electron chi connectivity index (χ3n) is 9.64. The van der Waals surface area contributed by atoms with Crippen LogP contribution in [0.2, 0.25) is 0 Å². The smallest absolute Gasteiger partial charge is 0.129 e. The SMILES string of the molecule is CCN(CC)CCON=C(C)C1=CCC2C3CC=C4CC(O)CCC4(C)C3CCC12C. The Hall–Kier alpha value is -1.13. The summed E-state index contributed by atoms with van der Waals surface area (Å²) in [6.45, 7) is 15.2. The minimum atomic E-state index is -0.120. The lowest BCUT2D eigenvalue weighted by molar-refractivity contribution is -0.0280. The number of aliphatic hydroxyl groups excluding tert-OH is 1. The van der Waals surface area contributed by atoms with Gasteiger partial charge in [0.15, 0.2) is 0 Å². The third-order valence-corrected chi connectivity index (χ3v) is 9.64. The molecule has 0 radical (unpaired) electrons. The number of aliphatic hydroxyl groups is 1. The molecule has 0 amide bonds. The quantitative estimate of drug-likeness (QED) is 0.249. The fourth-order valence-electron chi connectivity index (χ4n) is 7.67. The zero-order chi connectivity index (χ0) is 22.2. The van der Waals surface area contributed by atoms with Crippen molar-refractivity contribution in [3.05, 3.63) is 23.3 Å². The van der Waals surface area contributed by atoms with Crippen LogP contribution >= 0.6 is 0 Å². The Kier molecular flexibility index (Phi) is 6.70. The minimum absolute atomic E-state index is 0.120. The van der Waals surface area contributed by atoms with E-state index in [0.717, 1.165) is 56.4 Å². The monoisotopic (exact) mass is 428 g/mol. The van der Waals surface area contributed by atoms with Gasteiger partial charge in [0.05, 0.1) is 11.8 Å². The summed E-state index contributed by atoms with van der Waals surface area (Å²) in [7, 11) is 0. The van der Waals surface area contributed by atoms with E-state index in [1.807, 2.05) is 0 Å². The topological polar surface area (TPSA) is 45.1 Å². The second-order valence-corrected chi connectivity index (χ2v) is 11.0. The van der Waals surface area contributed by atoms with Crippen LogP contribution < -0.4 is 0 Å². The molecular weight excluding hydrogens is 384 g/mol. The van der Waals surface area contributed by atoms with E-state index in [4.69, 9.17) is 4.84 Å². The van der Waals surface area contributed by atoms with Gasteiger partial charge in [0.25, 0.3) is 0 Å². The van der Waals surface area contributed by atoms with Crippen molar-refractivity contribution in [1.29, 1.82) is 0 Å². The van der Waals surface area contributed by atoms with Gasteiger partial charge in [-0.1, -0.05) is 50.6 Å².